The largest absolute Gasteiger partial charge is 0.463 e. The molecule has 0 spiro atoms. The molecule has 1 unspecified atom stereocenters. The third-order valence-corrected chi connectivity index (χ3v) is 7.16. The van der Waals surface area contributed by atoms with Gasteiger partial charge in [0.1, 0.15) is 13.2 Å². The summed E-state index contributed by atoms with van der Waals surface area (Å²) in [5, 5.41) is 0.798. The van der Waals surface area contributed by atoms with Gasteiger partial charge in [-0.05, 0) is 41.8 Å². The fraction of sp³-hybridized carbons (Fsp3) is 0.435. The smallest absolute Gasteiger partial charge is 0.332 e. The first kappa shape index (κ1) is 21.7. The van der Waals surface area contributed by atoms with Gasteiger partial charge < -0.3 is 9.47 Å². The molecule has 0 amide bonds. The van der Waals surface area contributed by atoms with Crippen molar-refractivity contribution in [3.8, 4) is 0 Å². The Morgan fingerprint density at radius 2 is 1.93 bits per heavy atom. The van der Waals surface area contributed by atoms with E-state index in [2.05, 4.69) is 46.2 Å². The third kappa shape index (κ3) is 5.18. The second-order valence-electron chi connectivity index (χ2n) is 7.64. The standard InChI is InChI=1S/C23H27ClN2O3S/c1-28-16-23(27)29-13-12-25-8-10-26(11-9-25)20-15-17-14-18(24)6-7-21(17)30-22-5-3-2-4-19(20)22/h2-7,14,20H,8-13,15-16H2,1H3. The van der Waals surface area contributed by atoms with Crippen molar-refractivity contribution in [2.75, 3.05) is 53.0 Å². The molecule has 2 heterocycles. The number of nitrogens with zero attached hydrogens (tertiary/aromatic N) is 2. The van der Waals surface area contributed by atoms with E-state index < -0.39 is 0 Å². The van der Waals surface area contributed by atoms with E-state index in [0.717, 1.165) is 44.2 Å². The van der Waals surface area contributed by atoms with Crippen LogP contribution in [-0.2, 0) is 20.7 Å². The SMILES string of the molecule is COCC(=O)OCCN1CCN(C2Cc3cc(Cl)ccc3Sc3ccccc32)CC1. The van der Waals surface area contributed by atoms with Crippen molar-refractivity contribution in [1.82, 2.24) is 9.80 Å². The van der Waals surface area contributed by atoms with E-state index in [1.54, 1.807) is 0 Å². The summed E-state index contributed by atoms with van der Waals surface area (Å²) in [5.74, 6) is -0.305. The molecule has 0 radical (unpaired) electrons. The van der Waals surface area contributed by atoms with Crippen LogP contribution in [0.4, 0.5) is 0 Å². The predicted molar refractivity (Wildman–Crippen MR) is 119 cm³/mol. The van der Waals surface area contributed by atoms with Crippen LogP contribution in [0.25, 0.3) is 0 Å². The quantitative estimate of drug-likeness (QED) is 0.627. The molecule has 160 valence electrons. The summed E-state index contributed by atoms with van der Waals surface area (Å²) in [6, 6.07) is 15.3. The van der Waals surface area contributed by atoms with Gasteiger partial charge in [0.25, 0.3) is 0 Å². The van der Waals surface area contributed by atoms with Crippen LogP contribution < -0.4 is 0 Å². The molecule has 5 nitrogen and oxygen atoms in total. The van der Waals surface area contributed by atoms with Crippen LogP contribution in [0.1, 0.15) is 17.2 Å². The van der Waals surface area contributed by atoms with Crippen LogP contribution in [0.3, 0.4) is 0 Å². The average Bonchev–Trinajstić information content (AvgIpc) is 2.91. The molecule has 2 aromatic carbocycles. The number of piperazine rings is 1. The number of benzene rings is 2. The lowest BCUT2D eigenvalue weighted by Gasteiger charge is -2.39. The molecule has 2 aliphatic heterocycles. The summed E-state index contributed by atoms with van der Waals surface area (Å²) in [6.45, 7) is 5.11. The highest BCUT2D eigenvalue weighted by molar-refractivity contribution is 7.99. The maximum absolute atomic E-state index is 11.4. The summed E-state index contributed by atoms with van der Waals surface area (Å²) in [5.41, 5.74) is 2.72. The van der Waals surface area contributed by atoms with Gasteiger partial charge in [-0.1, -0.05) is 41.6 Å². The highest BCUT2D eigenvalue weighted by Crippen LogP contribution is 2.43. The van der Waals surface area contributed by atoms with Gasteiger partial charge in [-0.2, -0.15) is 0 Å². The summed E-state index contributed by atoms with van der Waals surface area (Å²) >= 11 is 8.15. The number of methoxy groups -OCH3 is 1. The van der Waals surface area contributed by atoms with Crippen molar-refractivity contribution < 1.29 is 14.3 Å². The molecule has 0 saturated carbocycles. The maximum atomic E-state index is 11.4. The minimum absolute atomic E-state index is 0.0123. The molecule has 2 aromatic rings. The van der Waals surface area contributed by atoms with Gasteiger partial charge in [0.2, 0.25) is 0 Å². The van der Waals surface area contributed by atoms with Gasteiger partial charge in [-0.25, -0.2) is 4.79 Å². The Kier molecular flexibility index (Phi) is 7.33. The lowest BCUT2D eigenvalue weighted by Crippen LogP contribution is -2.48. The minimum atomic E-state index is -0.305. The Bertz CT molecular complexity index is 887. The first-order valence-electron chi connectivity index (χ1n) is 10.3. The number of rotatable bonds is 6. The summed E-state index contributed by atoms with van der Waals surface area (Å²) in [4.78, 5) is 19.0. The van der Waals surface area contributed by atoms with Gasteiger partial charge in [0, 0.05) is 60.7 Å². The molecule has 0 bridgehead atoms. The van der Waals surface area contributed by atoms with E-state index in [9.17, 15) is 4.79 Å². The molecule has 2 aliphatic rings. The number of hydrogen-bond acceptors (Lipinski definition) is 6. The summed E-state index contributed by atoms with van der Waals surface area (Å²) < 4.78 is 10.0. The molecular formula is C23H27ClN2O3S. The Labute approximate surface area is 187 Å². The number of fused-ring (bicyclic) bond motifs is 2. The molecule has 30 heavy (non-hydrogen) atoms. The molecule has 1 fully saturated rings. The van der Waals surface area contributed by atoms with Crippen molar-refractivity contribution >= 4 is 29.3 Å². The van der Waals surface area contributed by atoms with Gasteiger partial charge in [-0.15, -0.1) is 0 Å². The fourth-order valence-corrected chi connectivity index (χ4v) is 5.47. The Balaban J connectivity index is 1.42. The second kappa shape index (κ2) is 10.2. The molecule has 1 atom stereocenters. The van der Waals surface area contributed by atoms with Crippen LogP contribution in [0, 0.1) is 0 Å². The Morgan fingerprint density at radius 1 is 1.13 bits per heavy atom. The Morgan fingerprint density at radius 3 is 2.73 bits per heavy atom. The molecule has 0 aliphatic carbocycles. The summed E-state index contributed by atoms with van der Waals surface area (Å²) in [7, 11) is 1.50. The van der Waals surface area contributed by atoms with Crippen molar-refractivity contribution in [3.05, 3.63) is 58.6 Å². The first-order chi connectivity index (χ1) is 14.6. The number of carbonyl (C=O) groups is 1. The zero-order valence-electron chi connectivity index (χ0n) is 17.2. The van der Waals surface area contributed by atoms with Gasteiger partial charge >= 0.3 is 5.97 Å². The monoisotopic (exact) mass is 446 g/mol. The van der Waals surface area contributed by atoms with E-state index in [4.69, 9.17) is 21.1 Å². The number of esters is 1. The zero-order valence-corrected chi connectivity index (χ0v) is 18.8. The van der Waals surface area contributed by atoms with Crippen LogP contribution in [0.2, 0.25) is 5.02 Å². The van der Waals surface area contributed by atoms with Crippen LogP contribution in [-0.4, -0.2) is 68.8 Å². The molecular weight excluding hydrogens is 420 g/mol. The predicted octanol–water partition coefficient (Wildman–Crippen LogP) is 3.90. The first-order valence-corrected chi connectivity index (χ1v) is 11.5. The zero-order chi connectivity index (χ0) is 20.9. The van der Waals surface area contributed by atoms with E-state index >= 15 is 0 Å². The van der Waals surface area contributed by atoms with Gasteiger partial charge in [0.15, 0.2) is 0 Å². The van der Waals surface area contributed by atoms with E-state index in [0.29, 0.717) is 12.6 Å². The van der Waals surface area contributed by atoms with E-state index in [1.165, 1.54) is 28.0 Å². The molecule has 1 saturated heterocycles. The normalized spacial score (nSPS) is 19.6. The fourth-order valence-electron chi connectivity index (χ4n) is 4.17. The second-order valence-corrected chi connectivity index (χ2v) is 9.16. The van der Waals surface area contributed by atoms with Crippen molar-refractivity contribution in [1.29, 1.82) is 0 Å². The van der Waals surface area contributed by atoms with E-state index in [-0.39, 0.29) is 12.6 Å². The minimum Gasteiger partial charge on any atom is -0.463 e. The van der Waals surface area contributed by atoms with Gasteiger partial charge in [0.05, 0.1) is 0 Å². The van der Waals surface area contributed by atoms with E-state index in [1.807, 2.05) is 17.8 Å². The highest BCUT2D eigenvalue weighted by atomic mass is 35.5. The average molecular weight is 447 g/mol. The van der Waals surface area contributed by atoms with Crippen LogP contribution in [0.15, 0.2) is 52.3 Å². The topological polar surface area (TPSA) is 42.0 Å². The number of hydrogen-bond donors (Lipinski definition) is 0. The van der Waals surface area contributed by atoms with Crippen molar-refractivity contribution in [2.45, 2.75) is 22.3 Å². The van der Waals surface area contributed by atoms with Crippen molar-refractivity contribution in [3.63, 3.8) is 0 Å². The Hall–Kier alpha value is -1.57. The highest BCUT2D eigenvalue weighted by Gasteiger charge is 2.29. The molecule has 4 rings (SSSR count). The molecule has 0 aromatic heterocycles. The lowest BCUT2D eigenvalue weighted by molar-refractivity contribution is -0.148. The number of carbonyl (C=O) groups excluding carboxylic acids is 1. The molecule has 0 N–H and O–H groups in total. The molecule has 7 heteroatoms. The third-order valence-electron chi connectivity index (χ3n) is 5.71. The van der Waals surface area contributed by atoms with Crippen LogP contribution >= 0.6 is 23.4 Å². The maximum Gasteiger partial charge on any atom is 0.332 e. The number of halogens is 1. The van der Waals surface area contributed by atoms with Crippen molar-refractivity contribution in [2.24, 2.45) is 0 Å². The number of ether oxygens (including phenoxy) is 2. The van der Waals surface area contributed by atoms with Gasteiger partial charge in [-0.3, -0.25) is 9.80 Å². The summed E-state index contributed by atoms with van der Waals surface area (Å²) in [6.07, 6.45) is 0.967. The lowest BCUT2D eigenvalue weighted by atomic mass is 9.96. The van der Waals surface area contributed by atoms with Crippen LogP contribution in [0.5, 0.6) is 0 Å².